The first-order valence-corrected chi connectivity index (χ1v) is 9.99. The van der Waals surface area contributed by atoms with Crippen molar-refractivity contribution in [3.8, 4) is 0 Å². The van der Waals surface area contributed by atoms with Crippen molar-refractivity contribution in [2.24, 2.45) is 5.92 Å². The van der Waals surface area contributed by atoms with Crippen molar-refractivity contribution in [3.63, 3.8) is 0 Å². The van der Waals surface area contributed by atoms with E-state index in [4.69, 9.17) is 4.74 Å². The maximum atomic E-state index is 13.1. The Balaban J connectivity index is 2.14. The number of carbonyl (C=O) groups excluding carboxylic acids is 1. The Kier molecular flexibility index (Phi) is 8.02. The largest absolute Gasteiger partial charge is 0.501 e. The molecule has 1 amide bonds. The van der Waals surface area contributed by atoms with E-state index < -0.39 is 12.2 Å². The van der Waals surface area contributed by atoms with E-state index in [1.807, 2.05) is 45.0 Å². The van der Waals surface area contributed by atoms with Crippen LogP contribution in [0.1, 0.15) is 20.3 Å². The first kappa shape index (κ1) is 23.1. The van der Waals surface area contributed by atoms with Gasteiger partial charge < -0.3 is 24.7 Å². The van der Waals surface area contributed by atoms with Crippen LogP contribution in [-0.4, -0.2) is 79.0 Å². The molecule has 0 bridgehead atoms. The number of likely N-dealkylation sites (N-methyl/N-ethyl adjacent to an activating group) is 1. The third kappa shape index (κ3) is 5.69. The van der Waals surface area contributed by atoms with Crippen molar-refractivity contribution >= 4 is 5.91 Å². The van der Waals surface area contributed by atoms with E-state index in [1.165, 1.54) is 0 Å². The molecule has 160 valence electrons. The molecule has 0 saturated heterocycles. The highest BCUT2D eigenvalue weighted by molar-refractivity contribution is 5.96. The van der Waals surface area contributed by atoms with Gasteiger partial charge >= 0.3 is 0 Å². The molecule has 1 heterocycles. The predicted molar refractivity (Wildman–Crippen MR) is 115 cm³/mol. The van der Waals surface area contributed by atoms with Gasteiger partial charge in [0.2, 0.25) is 0 Å². The zero-order valence-electron chi connectivity index (χ0n) is 18.2. The molecule has 2 N–H and O–H groups in total. The standard InChI is InChI=1S/C23H34N2O4/c1-7-17(21(27)14-24(4)5)10-16-8-9-25(13-16)23(28)19-11-18(15(2)3)22(29-6)12-20(19)26/h7-8,10-11,15,20-21,26-27H,1,9,12-14H2,2-6H3. The van der Waals surface area contributed by atoms with Gasteiger partial charge in [0.15, 0.2) is 0 Å². The summed E-state index contributed by atoms with van der Waals surface area (Å²) in [6.45, 7) is 9.29. The van der Waals surface area contributed by atoms with E-state index in [9.17, 15) is 15.0 Å². The number of aliphatic hydroxyl groups excluding tert-OH is 2. The van der Waals surface area contributed by atoms with Gasteiger partial charge in [-0.3, -0.25) is 4.79 Å². The Bertz CT molecular complexity index is 759. The highest BCUT2D eigenvalue weighted by atomic mass is 16.5. The van der Waals surface area contributed by atoms with Gasteiger partial charge in [-0.25, -0.2) is 0 Å². The zero-order valence-corrected chi connectivity index (χ0v) is 18.2. The van der Waals surface area contributed by atoms with Gasteiger partial charge in [-0.15, -0.1) is 0 Å². The third-order valence-corrected chi connectivity index (χ3v) is 5.23. The number of allylic oxidation sites excluding steroid dienone is 2. The fraction of sp³-hybridized carbons (Fsp3) is 0.522. The zero-order chi connectivity index (χ0) is 21.7. The summed E-state index contributed by atoms with van der Waals surface area (Å²) in [5.74, 6) is 0.765. The monoisotopic (exact) mass is 402 g/mol. The Hall–Kier alpha value is -2.15. The number of ether oxygens (including phenoxy) is 1. The van der Waals surface area contributed by atoms with Crippen molar-refractivity contribution in [1.29, 1.82) is 0 Å². The minimum atomic E-state index is -0.870. The summed E-state index contributed by atoms with van der Waals surface area (Å²) < 4.78 is 5.41. The molecule has 2 atom stereocenters. The molecule has 0 radical (unpaired) electrons. The second-order valence-electron chi connectivity index (χ2n) is 8.15. The maximum absolute atomic E-state index is 13.1. The Morgan fingerprint density at radius 2 is 2.14 bits per heavy atom. The van der Waals surface area contributed by atoms with E-state index in [0.29, 0.717) is 31.6 Å². The summed E-state index contributed by atoms with van der Waals surface area (Å²) >= 11 is 0. The maximum Gasteiger partial charge on any atom is 0.253 e. The topological polar surface area (TPSA) is 73.2 Å². The number of hydrogen-bond acceptors (Lipinski definition) is 5. The minimum Gasteiger partial charge on any atom is -0.501 e. The molecule has 0 saturated carbocycles. The lowest BCUT2D eigenvalue weighted by Gasteiger charge is -2.27. The van der Waals surface area contributed by atoms with Crippen molar-refractivity contribution in [2.45, 2.75) is 32.5 Å². The summed E-state index contributed by atoms with van der Waals surface area (Å²) in [7, 11) is 5.39. The van der Waals surface area contributed by atoms with E-state index in [0.717, 1.165) is 22.5 Å². The van der Waals surface area contributed by atoms with Crippen LogP contribution in [0.4, 0.5) is 0 Å². The van der Waals surface area contributed by atoms with E-state index >= 15 is 0 Å². The molecule has 2 unspecified atom stereocenters. The van der Waals surface area contributed by atoms with Crippen molar-refractivity contribution < 1.29 is 19.7 Å². The number of carbonyl (C=O) groups is 1. The van der Waals surface area contributed by atoms with Crippen LogP contribution in [0.25, 0.3) is 0 Å². The van der Waals surface area contributed by atoms with Crippen LogP contribution >= 0.6 is 0 Å². The smallest absolute Gasteiger partial charge is 0.253 e. The second-order valence-corrected chi connectivity index (χ2v) is 8.15. The summed E-state index contributed by atoms with van der Waals surface area (Å²) in [4.78, 5) is 16.7. The molecule has 0 aromatic heterocycles. The summed E-state index contributed by atoms with van der Waals surface area (Å²) in [5.41, 5.74) is 3.04. The molecule has 2 rings (SSSR count). The lowest BCUT2D eigenvalue weighted by molar-refractivity contribution is -0.127. The molecule has 1 aliphatic heterocycles. The molecule has 2 aliphatic rings. The Labute approximate surface area is 174 Å². The van der Waals surface area contributed by atoms with Crippen LogP contribution in [0.2, 0.25) is 0 Å². The van der Waals surface area contributed by atoms with Crippen LogP contribution in [0.15, 0.2) is 58.9 Å². The predicted octanol–water partition coefficient (Wildman–Crippen LogP) is 2.04. The molecule has 0 aromatic rings. The lowest BCUT2D eigenvalue weighted by atomic mass is 9.88. The summed E-state index contributed by atoms with van der Waals surface area (Å²) in [6, 6.07) is 0. The third-order valence-electron chi connectivity index (χ3n) is 5.23. The first-order chi connectivity index (χ1) is 13.7. The Morgan fingerprint density at radius 1 is 1.45 bits per heavy atom. The van der Waals surface area contributed by atoms with Crippen LogP contribution < -0.4 is 0 Å². The second kappa shape index (κ2) is 10.1. The first-order valence-electron chi connectivity index (χ1n) is 9.99. The van der Waals surface area contributed by atoms with Gasteiger partial charge in [-0.05, 0) is 42.8 Å². The number of methoxy groups -OCH3 is 1. The highest BCUT2D eigenvalue weighted by Gasteiger charge is 2.31. The van der Waals surface area contributed by atoms with Crippen LogP contribution in [-0.2, 0) is 9.53 Å². The Morgan fingerprint density at radius 3 is 2.69 bits per heavy atom. The van der Waals surface area contributed by atoms with Crippen LogP contribution in [0.5, 0.6) is 0 Å². The molecule has 0 fully saturated rings. The molecular weight excluding hydrogens is 368 g/mol. The number of hydrogen-bond donors (Lipinski definition) is 2. The average molecular weight is 403 g/mol. The molecule has 0 aromatic carbocycles. The molecule has 6 heteroatoms. The van der Waals surface area contributed by atoms with Gasteiger partial charge in [0.25, 0.3) is 5.91 Å². The van der Waals surface area contributed by atoms with Crippen LogP contribution in [0, 0.1) is 5.92 Å². The quantitative estimate of drug-likeness (QED) is 0.608. The van der Waals surface area contributed by atoms with Gasteiger partial charge in [0, 0.05) is 31.6 Å². The SMILES string of the molecule is C=CC(=CC1=CCN(C(=O)C2=CC(C(C)C)=C(OC)CC2O)C1)C(O)CN(C)C. The normalized spacial score (nSPS) is 21.5. The van der Waals surface area contributed by atoms with Crippen LogP contribution in [0.3, 0.4) is 0 Å². The van der Waals surface area contributed by atoms with E-state index in [2.05, 4.69) is 6.58 Å². The average Bonchev–Trinajstić information content (AvgIpc) is 3.12. The van der Waals surface area contributed by atoms with Gasteiger partial charge in [0.05, 0.1) is 19.3 Å². The van der Waals surface area contributed by atoms with Gasteiger partial charge in [-0.1, -0.05) is 38.7 Å². The lowest BCUT2D eigenvalue weighted by Crippen LogP contribution is -2.36. The molecule has 29 heavy (non-hydrogen) atoms. The molecule has 1 aliphatic carbocycles. The van der Waals surface area contributed by atoms with E-state index in [1.54, 1.807) is 24.2 Å². The number of aliphatic hydroxyl groups is 2. The summed E-state index contributed by atoms with van der Waals surface area (Å²) in [6.07, 6.45) is 6.10. The molecule has 0 spiro atoms. The molecular formula is C23H34N2O4. The van der Waals surface area contributed by atoms with Crippen molar-refractivity contribution in [2.75, 3.05) is 40.8 Å². The number of nitrogens with zero attached hydrogens (tertiary/aromatic N) is 2. The van der Waals surface area contributed by atoms with Gasteiger partial charge in [0.1, 0.15) is 5.76 Å². The molecule has 6 nitrogen and oxygen atoms in total. The fourth-order valence-electron chi connectivity index (χ4n) is 3.62. The fourth-order valence-corrected chi connectivity index (χ4v) is 3.62. The number of amides is 1. The van der Waals surface area contributed by atoms with Crippen molar-refractivity contribution in [1.82, 2.24) is 9.80 Å². The minimum absolute atomic E-state index is 0.167. The highest BCUT2D eigenvalue weighted by Crippen LogP contribution is 2.31. The van der Waals surface area contributed by atoms with Crippen molar-refractivity contribution in [3.05, 3.63) is 58.9 Å². The number of rotatable bonds is 8. The van der Waals surface area contributed by atoms with Gasteiger partial charge in [-0.2, -0.15) is 0 Å². The van der Waals surface area contributed by atoms with E-state index in [-0.39, 0.29) is 11.8 Å². The summed E-state index contributed by atoms with van der Waals surface area (Å²) in [5, 5.41) is 20.8.